The zero-order valence-electron chi connectivity index (χ0n) is 23.1. The summed E-state index contributed by atoms with van der Waals surface area (Å²) in [6.07, 6.45) is 1.73. The molecule has 0 spiro atoms. The number of nitro benzene ring substituents is 1. The Morgan fingerprint density at radius 3 is 2.57 bits per heavy atom. The number of carbonyl (C=O) groups excluding carboxylic acids is 1. The first-order valence-corrected chi connectivity index (χ1v) is 13.9. The van der Waals surface area contributed by atoms with Crippen LogP contribution in [0.3, 0.4) is 0 Å². The van der Waals surface area contributed by atoms with E-state index < -0.39 is 16.9 Å². The van der Waals surface area contributed by atoms with Crippen molar-refractivity contribution >= 4 is 29.1 Å². The second-order valence-electron chi connectivity index (χ2n) is 9.32. The van der Waals surface area contributed by atoms with Crippen molar-refractivity contribution in [2.24, 2.45) is 4.99 Å². The molecule has 1 unspecified atom stereocenters. The molecule has 10 nitrogen and oxygen atoms in total. The Morgan fingerprint density at radius 2 is 1.86 bits per heavy atom. The molecule has 1 atom stereocenters. The van der Waals surface area contributed by atoms with Crippen LogP contribution in [0, 0.1) is 10.1 Å². The lowest BCUT2D eigenvalue weighted by Gasteiger charge is -2.24. The lowest BCUT2D eigenvalue weighted by atomic mass is 9.96. The van der Waals surface area contributed by atoms with Gasteiger partial charge in [0, 0.05) is 6.07 Å². The molecule has 11 heteroatoms. The highest BCUT2D eigenvalue weighted by atomic mass is 32.1. The summed E-state index contributed by atoms with van der Waals surface area (Å²) in [5.41, 5.74) is 2.32. The molecule has 0 bridgehead atoms. The predicted octanol–water partition coefficient (Wildman–Crippen LogP) is 4.29. The quantitative estimate of drug-likeness (QED) is 0.163. The van der Waals surface area contributed by atoms with Crippen LogP contribution in [-0.4, -0.2) is 29.2 Å². The molecule has 0 N–H and O–H groups in total. The molecule has 5 rings (SSSR count). The summed E-state index contributed by atoms with van der Waals surface area (Å²) in [5.74, 6) is 0.608. The minimum Gasteiger partial charge on any atom is -0.497 e. The van der Waals surface area contributed by atoms with Crippen LogP contribution in [0.1, 0.15) is 36.6 Å². The Labute approximate surface area is 244 Å². The molecule has 0 radical (unpaired) electrons. The van der Waals surface area contributed by atoms with Gasteiger partial charge in [0.2, 0.25) is 0 Å². The standard InChI is InChI=1S/C31H27N3O7S/c1-4-40-30(36)27-19(2)32-31-33(28(27)21-12-14-23(39-3)15-13-21)29(35)26(42-31)17-20-8-7-10-24(16-20)41-18-22-9-5-6-11-25(22)34(37)38/h5-17,28H,4,18H2,1-3H3/b26-17-. The number of allylic oxidation sites excluding steroid dienone is 1. The van der Waals surface area contributed by atoms with Gasteiger partial charge in [-0.05, 0) is 61.4 Å². The first kappa shape index (κ1) is 28.5. The number of nitrogens with zero attached hydrogens (tertiary/aromatic N) is 3. The van der Waals surface area contributed by atoms with E-state index in [2.05, 4.69) is 4.99 Å². The first-order valence-electron chi connectivity index (χ1n) is 13.1. The van der Waals surface area contributed by atoms with Gasteiger partial charge in [-0.2, -0.15) is 0 Å². The SMILES string of the molecule is CCOC(=O)C1=C(C)N=c2s/c(=C\c3cccc(OCc4ccccc4[N+](=O)[O-])c3)c(=O)n2C1c1ccc(OC)cc1. The molecule has 42 heavy (non-hydrogen) atoms. The van der Waals surface area contributed by atoms with Crippen molar-refractivity contribution in [1.29, 1.82) is 0 Å². The van der Waals surface area contributed by atoms with E-state index in [-0.39, 0.29) is 24.5 Å². The number of methoxy groups -OCH3 is 1. The average molecular weight is 586 g/mol. The molecule has 0 fully saturated rings. The third kappa shape index (κ3) is 5.72. The largest absolute Gasteiger partial charge is 0.497 e. The maximum Gasteiger partial charge on any atom is 0.338 e. The van der Waals surface area contributed by atoms with Crippen molar-refractivity contribution in [3.63, 3.8) is 0 Å². The zero-order chi connectivity index (χ0) is 29.8. The van der Waals surface area contributed by atoms with Crippen LogP contribution in [0.25, 0.3) is 6.08 Å². The summed E-state index contributed by atoms with van der Waals surface area (Å²) in [6.45, 7) is 3.66. The van der Waals surface area contributed by atoms with Gasteiger partial charge in [0.1, 0.15) is 18.1 Å². The van der Waals surface area contributed by atoms with Crippen molar-refractivity contribution in [3.05, 3.63) is 131 Å². The van der Waals surface area contributed by atoms with Gasteiger partial charge in [0.25, 0.3) is 11.2 Å². The number of esters is 1. The summed E-state index contributed by atoms with van der Waals surface area (Å²) in [5, 5.41) is 11.3. The van der Waals surface area contributed by atoms with Gasteiger partial charge < -0.3 is 14.2 Å². The molecule has 214 valence electrons. The highest BCUT2D eigenvalue weighted by Gasteiger charge is 2.33. The Balaban J connectivity index is 1.53. The van der Waals surface area contributed by atoms with Gasteiger partial charge in [-0.15, -0.1) is 0 Å². The molecule has 1 aliphatic rings. The van der Waals surface area contributed by atoms with Crippen LogP contribution in [0.2, 0.25) is 0 Å². The van der Waals surface area contributed by atoms with Crippen molar-refractivity contribution in [3.8, 4) is 11.5 Å². The van der Waals surface area contributed by atoms with E-state index in [1.54, 1.807) is 75.6 Å². The first-order chi connectivity index (χ1) is 20.3. The van der Waals surface area contributed by atoms with Gasteiger partial charge in [0.05, 0.1) is 46.0 Å². The van der Waals surface area contributed by atoms with Crippen molar-refractivity contribution in [2.45, 2.75) is 26.5 Å². The van der Waals surface area contributed by atoms with E-state index in [4.69, 9.17) is 14.2 Å². The van der Waals surface area contributed by atoms with Gasteiger partial charge in [-0.3, -0.25) is 19.5 Å². The summed E-state index contributed by atoms with van der Waals surface area (Å²) in [6, 6.07) is 20.0. The number of para-hydroxylation sites is 1. The number of carbonyl (C=O) groups is 1. The smallest absolute Gasteiger partial charge is 0.338 e. The number of nitro groups is 1. The third-order valence-corrected chi connectivity index (χ3v) is 7.67. The number of aromatic nitrogens is 1. The number of fused-ring (bicyclic) bond motifs is 1. The van der Waals surface area contributed by atoms with E-state index in [1.807, 2.05) is 18.2 Å². The second kappa shape index (κ2) is 12.2. The Hall–Kier alpha value is -5.03. The van der Waals surface area contributed by atoms with Gasteiger partial charge in [-0.25, -0.2) is 9.79 Å². The molecule has 0 saturated heterocycles. The van der Waals surface area contributed by atoms with Gasteiger partial charge >= 0.3 is 5.97 Å². The van der Waals surface area contributed by atoms with Crippen molar-refractivity contribution < 1.29 is 23.9 Å². The monoisotopic (exact) mass is 585 g/mol. The molecule has 1 aliphatic heterocycles. The summed E-state index contributed by atoms with van der Waals surface area (Å²) < 4.78 is 18.4. The Kier molecular flexibility index (Phi) is 8.30. The van der Waals surface area contributed by atoms with E-state index in [1.165, 1.54) is 22.0 Å². The third-order valence-electron chi connectivity index (χ3n) is 6.69. The topological polar surface area (TPSA) is 122 Å². The van der Waals surface area contributed by atoms with E-state index in [0.717, 1.165) is 0 Å². The van der Waals surface area contributed by atoms with Crippen LogP contribution >= 0.6 is 11.3 Å². The Bertz CT molecular complexity index is 1870. The summed E-state index contributed by atoms with van der Waals surface area (Å²) >= 11 is 1.22. The van der Waals surface area contributed by atoms with Crippen LogP contribution in [0.15, 0.2) is 93.9 Å². The van der Waals surface area contributed by atoms with Crippen LogP contribution in [0.4, 0.5) is 5.69 Å². The zero-order valence-corrected chi connectivity index (χ0v) is 23.9. The number of hydrogen-bond donors (Lipinski definition) is 0. The highest BCUT2D eigenvalue weighted by Crippen LogP contribution is 2.31. The highest BCUT2D eigenvalue weighted by molar-refractivity contribution is 7.07. The molecule has 3 aromatic carbocycles. The van der Waals surface area contributed by atoms with E-state index >= 15 is 0 Å². The molecule has 0 saturated carbocycles. The van der Waals surface area contributed by atoms with E-state index in [0.29, 0.717) is 48.8 Å². The molecule has 4 aromatic rings. The molecule has 2 heterocycles. The number of benzene rings is 3. The molecular formula is C31H27N3O7S. The molecule has 0 aliphatic carbocycles. The van der Waals surface area contributed by atoms with Gasteiger partial charge in [-0.1, -0.05) is 47.7 Å². The molecule has 0 amide bonds. The average Bonchev–Trinajstić information content (AvgIpc) is 3.29. The van der Waals surface area contributed by atoms with Gasteiger partial charge in [0.15, 0.2) is 4.80 Å². The van der Waals surface area contributed by atoms with Crippen LogP contribution in [-0.2, 0) is 16.1 Å². The maximum absolute atomic E-state index is 13.8. The van der Waals surface area contributed by atoms with Crippen molar-refractivity contribution in [2.75, 3.05) is 13.7 Å². The second-order valence-corrected chi connectivity index (χ2v) is 10.3. The Morgan fingerprint density at radius 1 is 1.10 bits per heavy atom. The number of hydrogen-bond acceptors (Lipinski definition) is 9. The maximum atomic E-state index is 13.8. The fourth-order valence-electron chi connectivity index (χ4n) is 4.71. The van der Waals surface area contributed by atoms with Crippen LogP contribution < -0.4 is 24.4 Å². The normalized spacial score (nSPS) is 14.6. The lowest BCUT2D eigenvalue weighted by molar-refractivity contribution is -0.385. The number of rotatable bonds is 9. The van der Waals surface area contributed by atoms with Crippen LogP contribution in [0.5, 0.6) is 11.5 Å². The molecule has 1 aromatic heterocycles. The van der Waals surface area contributed by atoms with Crippen molar-refractivity contribution in [1.82, 2.24) is 4.57 Å². The number of ether oxygens (including phenoxy) is 3. The summed E-state index contributed by atoms with van der Waals surface area (Å²) in [7, 11) is 1.57. The predicted molar refractivity (Wildman–Crippen MR) is 157 cm³/mol. The fraction of sp³-hybridized carbons (Fsp3) is 0.194. The summed E-state index contributed by atoms with van der Waals surface area (Å²) in [4.78, 5) is 42.9. The minimum absolute atomic E-state index is 0.0145. The molecular weight excluding hydrogens is 558 g/mol. The lowest BCUT2D eigenvalue weighted by Crippen LogP contribution is -2.39. The number of thiazole rings is 1. The minimum atomic E-state index is -0.732. The fourth-order valence-corrected chi connectivity index (χ4v) is 5.76. The van der Waals surface area contributed by atoms with E-state index in [9.17, 15) is 19.7 Å².